The van der Waals surface area contributed by atoms with Crippen LogP contribution in [0.4, 0.5) is 0 Å². The molecule has 0 bridgehead atoms. The number of hydrogen-bond acceptors (Lipinski definition) is 2. The van der Waals surface area contributed by atoms with E-state index in [1.807, 2.05) is 0 Å². The zero-order valence-electron chi connectivity index (χ0n) is 25.5. The minimum Gasteiger partial charge on any atom is -0.456 e. The van der Waals surface area contributed by atoms with Gasteiger partial charge in [0.05, 0.1) is 0 Å². The zero-order valence-corrected chi connectivity index (χ0v) is 25.5. The van der Waals surface area contributed by atoms with E-state index >= 15 is 0 Å². The number of hydrogen-bond donors (Lipinski definition) is 0. The van der Waals surface area contributed by atoms with Crippen LogP contribution in [0.3, 0.4) is 0 Å². The number of furan rings is 2. The average Bonchev–Trinajstić information content (AvgIpc) is 3.58. The lowest BCUT2D eigenvalue weighted by Gasteiger charge is -2.05. The second-order valence-corrected chi connectivity index (χ2v) is 12.6. The Hall–Kier alpha value is -4.56. The number of aryl methyl sites for hydroxylation is 1. The molecule has 0 radical (unpaired) electrons. The molecule has 0 amide bonds. The predicted octanol–water partition coefficient (Wildman–Crippen LogP) is 13.1. The molecule has 0 unspecified atom stereocenters. The third-order valence-electron chi connectivity index (χ3n) is 9.47. The monoisotopic (exact) mass is 574 g/mol. The molecular weight excluding hydrogens is 536 g/mol. The quantitative estimate of drug-likeness (QED) is 0.152. The second kappa shape index (κ2) is 11.5. The van der Waals surface area contributed by atoms with Gasteiger partial charge in [-0.15, -0.1) is 0 Å². The highest BCUT2D eigenvalue weighted by molar-refractivity contribution is 6.18. The van der Waals surface area contributed by atoms with E-state index in [0.717, 1.165) is 50.3 Å². The summed E-state index contributed by atoms with van der Waals surface area (Å²) in [7, 11) is 0. The third-order valence-corrected chi connectivity index (χ3v) is 9.47. The van der Waals surface area contributed by atoms with E-state index in [0.29, 0.717) is 0 Å². The molecule has 2 aromatic heterocycles. The summed E-state index contributed by atoms with van der Waals surface area (Å²) in [6.45, 7) is 2.28. The van der Waals surface area contributed by atoms with Gasteiger partial charge in [0.15, 0.2) is 0 Å². The Bertz CT molecular complexity index is 2270. The smallest absolute Gasteiger partial charge is 0.136 e. The van der Waals surface area contributed by atoms with E-state index in [1.54, 1.807) is 0 Å². The maximum absolute atomic E-state index is 6.47. The highest BCUT2D eigenvalue weighted by Gasteiger charge is 2.15. The lowest BCUT2D eigenvalue weighted by atomic mass is 9.99. The summed E-state index contributed by atoms with van der Waals surface area (Å²) >= 11 is 0. The molecule has 8 rings (SSSR count). The van der Waals surface area contributed by atoms with Gasteiger partial charge in [0.2, 0.25) is 0 Å². The fourth-order valence-electron chi connectivity index (χ4n) is 7.01. The van der Waals surface area contributed by atoms with Crippen molar-refractivity contribution in [2.45, 2.75) is 64.7 Å². The molecule has 0 saturated heterocycles. The molecule has 0 atom stereocenters. The van der Waals surface area contributed by atoms with E-state index in [-0.39, 0.29) is 0 Å². The van der Waals surface area contributed by atoms with Crippen LogP contribution < -0.4 is 0 Å². The average molecular weight is 575 g/mol. The van der Waals surface area contributed by atoms with E-state index in [2.05, 4.69) is 110 Å². The summed E-state index contributed by atoms with van der Waals surface area (Å²) in [6.07, 6.45) is 12.0. The van der Waals surface area contributed by atoms with Crippen LogP contribution in [0.5, 0.6) is 0 Å². The molecule has 0 spiro atoms. The van der Waals surface area contributed by atoms with Crippen molar-refractivity contribution in [3.05, 3.63) is 109 Å². The summed E-state index contributed by atoms with van der Waals surface area (Å²) in [5.41, 5.74) is 7.52. The number of fused-ring (bicyclic) bond motifs is 8. The predicted molar refractivity (Wildman–Crippen MR) is 188 cm³/mol. The Labute approximate surface area is 258 Å². The summed E-state index contributed by atoms with van der Waals surface area (Å²) in [5, 5.41) is 9.37. The Balaban J connectivity index is 1.11. The van der Waals surface area contributed by atoms with Crippen LogP contribution in [0, 0.1) is 0 Å². The Morgan fingerprint density at radius 2 is 0.955 bits per heavy atom. The van der Waals surface area contributed by atoms with Crippen molar-refractivity contribution in [1.82, 2.24) is 0 Å². The molecule has 0 fully saturated rings. The maximum atomic E-state index is 6.47. The van der Waals surface area contributed by atoms with Crippen molar-refractivity contribution >= 4 is 65.4 Å². The van der Waals surface area contributed by atoms with Gasteiger partial charge in [-0.1, -0.05) is 113 Å². The van der Waals surface area contributed by atoms with Crippen molar-refractivity contribution < 1.29 is 8.83 Å². The molecular formula is C42H38O2. The van der Waals surface area contributed by atoms with Crippen LogP contribution in [-0.2, 0) is 6.42 Å². The normalized spacial score (nSPS) is 12.1. The lowest BCUT2D eigenvalue weighted by Crippen LogP contribution is -1.87. The number of rotatable bonds is 10. The fraction of sp³-hybridized carbons (Fsp3) is 0.238. The number of unbranched alkanes of at least 4 members (excludes halogenated alkanes) is 7. The molecule has 8 aromatic rings. The fourth-order valence-corrected chi connectivity index (χ4v) is 7.01. The molecule has 44 heavy (non-hydrogen) atoms. The molecule has 0 saturated carbocycles. The molecule has 0 aliphatic rings. The second-order valence-electron chi connectivity index (χ2n) is 12.6. The van der Waals surface area contributed by atoms with Crippen LogP contribution >= 0.6 is 0 Å². The molecule has 0 aliphatic carbocycles. The van der Waals surface area contributed by atoms with Crippen LogP contribution in [0.1, 0.15) is 63.9 Å². The zero-order chi connectivity index (χ0) is 29.5. The van der Waals surface area contributed by atoms with E-state index in [1.165, 1.54) is 89.6 Å². The van der Waals surface area contributed by atoms with Gasteiger partial charge in [-0.25, -0.2) is 0 Å². The summed E-state index contributed by atoms with van der Waals surface area (Å²) < 4.78 is 12.9. The molecule has 2 heteroatoms. The van der Waals surface area contributed by atoms with Crippen LogP contribution in [-0.4, -0.2) is 0 Å². The minimum absolute atomic E-state index is 0.900. The molecule has 6 aromatic carbocycles. The third kappa shape index (κ3) is 5.03. The van der Waals surface area contributed by atoms with Crippen molar-refractivity contribution in [3.8, 4) is 11.1 Å². The summed E-state index contributed by atoms with van der Waals surface area (Å²) in [4.78, 5) is 0. The minimum atomic E-state index is 0.900. The first-order chi connectivity index (χ1) is 21.7. The molecule has 2 nitrogen and oxygen atoms in total. The van der Waals surface area contributed by atoms with Gasteiger partial charge in [-0.05, 0) is 93.5 Å². The topological polar surface area (TPSA) is 26.3 Å². The summed E-state index contributed by atoms with van der Waals surface area (Å²) in [5.74, 6) is 0. The van der Waals surface area contributed by atoms with Gasteiger partial charge in [0.25, 0.3) is 0 Å². The van der Waals surface area contributed by atoms with E-state index in [9.17, 15) is 0 Å². The maximum Gasteiger partial charge on any atom is 0.136 e. The van der Waals surface area contributed by atoms with Gasteiger partial charge in [-0.2, -0.15) is 0 Å². The highest BCUT2D eigenvalue weighted by atomic mass is 16.3. The molecule has 0 aliphatic heterocycles. The van der Waals surface area contributed by atoms with Crippen molar-refractivity contribution in [1.29, 1.82) is 0 Å². The van der Waals surface area contributed by atoms with Gasteiger partial charge >= 0.3 is 0 Å². The highest BCUT2D eigenvalue weighted by Crippen LogP contribution is 2.39. The standard InChI is InChI=1S/C42H38O2/c1-2-3-4-5-6-7-8-10-13-28-16-17-31-24-39-35(22-33(31)20-28)37-26-42-38(27-41(37)43-39)36-23-34-21-30(29-14-11-9-12-15-29)18-19-32(34)25-40(36)44-42/h9,11-12,14-27H,2-8,10,13H2,1H3. The Morgan fingerprint density at radius 1 is 0.409 bits per heavy atom. The first-order valence-corrected chi connectivity index (χ1v) is 16.5. The van der Waals surface area contributed by atoms with Crippen LogP contribution in [0.25, 0.3) is 76.5 Å². The first-order valence-electron chi connectivity index (χ1n) is 16.5. The lowest BCUT2D eigenvalue weighted by molar-refractivity contribution is 0.575. The first kappa shape index (κ1) is 27.0. The van der Waals surface area contributed by atoms with Gasteiger partial charge in [0.1, 0.15) is 22.3 Å². The molecule has 218 valence electrons. The van der Waals surface area contributed by atoms with Crippen LogP contribution in [0.15, 0.2) is 112 Å². The van der Waals surface area contributed by atoms with E-state index in [4.69, 9.17) is 8.83 Å². The van der Waals surface area contributed by atoms with Gasteiger partial charge in [0, 0.05) is 21.5 Å². The summed E-state index contributed by atoms with van der Waals surface area (Å²) in [6, 6.07) is 37.4. The van der Waals surface area contributed by atoms with Crippen molar-refractivity contribution in [2.75, 3.05) is 0 Å². The van der Waals surface area contributed by atoms with Gasteiger partial charge in [-0.3, -0.25) is 0 Å². The van der Waals surface area contributed by atoms with E-state index < -0.39 is 0 Å². The molecule has 2 heterocycles. The Kier molecular flexibility index (Phi) is 7.06. The van der Waals surface area contributed by atoms with Crippen LogP contribution in [0.2, 0.25) is 0 Å². The SMILES string of the molecule is CCCCCCCCCCc1ccc2cc3oc4cc5c(cc4c3cc2c1)oc1cc2ccc(-c3ccccc3)cc2cc15. The van der Waals surface area contributed by atoms with Crippen molar-refractivity contribution in [3.63, 3.8) is 0 Å². The van der Waals surface area contributed by atoms with Gasteiger partial charge < -0.3 is 8.83 Å². The van der Waals surface area contributed by atoms with Crippen molar-refractivity contribution in [2.24, 2.45) is 0 Å². The Morgan fingerprint density at radius 3 is 1.61 bits per heavy atom. The molecule has 0 N–H and O–H groups in total. The number of benzene rings is 6. The largest absolute Gasteiger partial charge is 0.456 e.